The molecule has 0 aliphatic carbocycles. The Morgan fingerprint density at radius 1 is 1.24 bits per heavy atom. The number of phenolic OH excluding ortho intramolecular Hbond substituents is 1. The zero-order valence-electron chi connectivity index (χ0n) is 14.6. The van der Waals surface area contributed by atoms with Crippen molar-refractivity contribution < 1.29 is 18.3 Å². The fraction of sp³-hybridized carbons (Fsp3) is 0.588. The molecule has 8 heteroatoms. The Labute approximate surface area is 149 Å². The normalized spacial score (nSPS) is 24.5. The predicted octanol–water partition coefficient (Wildman–Crippen LogP) is 0.664. The van der Waals surface area contributed by atoms with Gasteiger partial charge in [-0.15, -0.1) is 0 Å². The van der Waals surface area contributed by atoms with Gasteiger partial charge in [-0.1, -0.05) is 12.1 Å². The fourth-order valence-corrected chi connectivity index (χ4v) is 4.93. The minimum Gasteiger partial charge on any atom is -0.508 e. The molecule has 7 nitrogen and oxygen atoms in total. The van der Waals surface area contributed by atoms with Crippen LogP contribution in [0.25, 0.3) is 0 Å². The van der Waals surface area contributed by atoms with Crippen molar-refractivity contribution in [2.75, 3.05) is 33.7 Å². The summed E-state index contributed by atoms with van der Waals surface area (Å²) in [5, 5.41) is 9.56. The van der Waals surface area contributed by atoms with E-state index in [0.717, 1.165) is 18.4 Å². The summed E-state index contributed by atoms with van der Waals surface area (Å²) in [7, 11) is -0.398. The molecule has 1 aromatic carbocycles. The molecule has 4 rings (SSSR count). The average molecular weight is 367 g/mol. The first-order valence-electron chi connectivity index (χ1n) is 8.52. The lowest BCUT2D eigenvalue weighted by Crippen LogP contribution is -2.49. The van der Waals surface area contributed by atoms with E-state index in [1.807, 2.05) is 11.0 Å². The molecule has 1 amide bonds. The second-order valence-corrected chi connectivity index (χ2v) is 9.24. The molecule has 0 spiro atoms. The summed E-state index contributed by atoms with van der Waals surface area (Å²) < 4.78 is 27.7. The Bertz CT molecular complexity index is 750. The molecule has 2 bridgehead atoms. The molecule has 0 saturated carbocycles. The monoisotopic (exact) mass is 367 g/mol. The number of hydrogen-bond donors (Lipinski definition) is 1. The maximum Gasteiger partial charge on any atom is 0.281 e. The second kappa shape index (κ2) is 6.93. The Morgan fingerprint density at radius 3 is 2.68 bits per heavy atom. The number of nitrogens with zero attached hydrogens (tertiary/aromatic N) is 3. The number of amides is 1. The molecule has 3 heterocycles. The van der Waals surface area contributed by atoms with E-state index in [1.54, 1.807) is 18.2 Å². The smallest absolute Gasteiger partial charge is 0.281 e. The Kier molecular flexibility index (Phi) is 5.04. The molecular weight excluding hydrogens is 342 g/mol. The van der Waals surface area contributed by atoms with E-state index in [-0.39, 0.29) is 30.0 Å². The molecule has 0 unspecified atom stereocenters. The molecule has 2 atom stereocenters. The van der Waals surface area contributed by atoms with E-state index in [9.17, 15) is 18.3 Å². The van der Waals surface area contributed by atoms with Gasteiger partial charge in [0.1, 0.15) is 5.75 Å². The van der Waals surface area contributed by atoms with Crippen LogP contribution in [0.4, 0.5) is 0 Å². The number of carbonyl (C=O) groups excluding carboxylic acids is 1. The van der Waals surface area contributed by atoms with Crippen LogP contribution in [0.2, 0.25) is 0 Å². The van der Waals surface area contributed by atoms with Crippen LogP contribution in [0.5, 0.6) is 5.75 Å². The maximum atomic E-state index is 12.8. The van der Waals surface area contributed by atoms with Crippen LogP contribution >= 0.6 is 0 Å². The highest BCUT2D eigenvalue weighted by atomic mass is 32.2. The van der Waals surface area contributed by atoms with Gasteiger partial charge in [0.15, 0.2) is 0 Å². The van der Waals surface area contributed by atoms with E-state index in [2.05, 4.69) is 0 Å². The number of rotatable bonds is 4. The summed E-state index contributed by atoms with van der Waals surface area (Å²) >= 11 is 0. The molecule has 0 aromatic heterocycles. The lowest BCUT2D eigenvalue weighted by atomic mass is 9.94. The molecule has 3 aliphatic rings. The van der Waals surface area contributed by atoms with Gasteiger partial charge in [0.25, 0.3) is 10.2 Å². The third-order valence-corrected chi connectivity index (χ3v) is 6.93. The van der Waals surface area contributed by atoms with Crippen molar-refractivity contribution in [1.29, 1.82) is 0 Å². The number of aromatic hydroxyl groups is 1. The highest BCUT2D eigenvalue weighted by Gasteiger charge is 2.41. The van der Waals surface area contributed by atoms with Gasteiger partial charge < -0.3 is 10.0 Å². The quantitative estimate of drug-likeness (QED) is 0.848. The number of phenols is 1. The van der Waals surface area contributed by atoms with Gasteiger partial charge in [0.2, 0.25) is 5.91 Å². The lowest BCUT2D eigenvalue weighted by molar-refractivity contribution is -0.134. The summed E-state index contributed by atoms with van der Waals surface area (Å²) in [4.78, 5) is 14.6. The topological polar surface area (TPSA) is 81.2 Å². The standard InChI is InChI=1S/C17H25N3O4S/c1-18(2)25(23,24)19-10-14-6-7-15(12-19)20(11-14)17(22)9-13-4-3-5-16(21)8-13/h3-5,8,14-15,21H,6-7,9-12H2,1-2H3/t14-,15+/m1/s1. The van der Waals surface area contributed by atoms with E-state index in [4.69, 9.17) is 0 Å². The number of carbonyl (C=O) groups is 1. The fourth-order valence-electron chi connectivity index (χ4n) is 3.71. The lowest BCUT2D eigenvalue weighted by Gasteiger charge is -2.36. The summed E-state index contributed by atoms with van der Waals surface area (Å²) in [5.41, 5.74) is 0.767. The number of benzene rings is 1. The van der Waals surface area contributed by atoms with Gasteiger partial charge in [0, 0.05) is 39.8 Å². The minimum absolute atomic E-state index is 0.00981. The Balaban J connectivity index is 1.75. The highest BCUT2D eigenvalue weighted by Crippen LogP contribution is 2.30. The first-order valence-corrected chi connectivity index (χ1v) is 9.92. The van der Waals surface area contributed by atoms with E-state index in [1.165, 1.54) is 22.7 Å². The van der Waals surface area contributed by atoms with Crippen LogP contribution in [-0.2, 0) is 21.4 Å². The maximum absolute atomic E-state index is 12.8. The van der Waals surface area contributed by atoms with Gasteiger partial charge in [-0.05, 0) is 36.5 Å². The average Bonchev–Trinajstić information content (AvgIpc) is 2.87. The second-order valence-electron chi connectivity index (χ2n) is 7.10. The first-order chi connectivity index (χ1) is 11.8. The Hall–Kier alpha value is -1.64. The zero-order chi connectivity index (χ0) is 18.2. The largest absolute Gasteiger partial charge is 0.508 e. The summed E-state index contributed by atoms with van der Waals surface area (Å²) in [6.45, 7) is 1.41. The van der Waals surface area contributed by atoms with Gasteiger partial charge in [0.05, 0.1) is 6.42 Å². The first kappa shape index (κ1) is 18.2. The summed E-state index contributed by atoms with van der Waals surface area (Å²) in [5.74, 6) is 0.303. The number of piperidine rings is 1. The SMILES string of the molecule is CN(C)S(=O)(=O)N1C[C@H]2CC[C@@H](C1)N(C(=O)Cc1cccc(O)c1)C2. The van der Waals surface area contributed by atoms with Crippen molar-refractivity contribution in [2.45, 2.75) is 25.3 Å². The highest BCUT2D eigenvalue weighted by molar-refractivity contribution is 7.86. The van der Waals surface area contributed by atoms with Crippen LogP contribution in [-0.4, -0.2) is 72.7 Å². The molecule has 138 valence electrons. The minimum atomic E-state index is -3.47. The van der Waals surface area contributed by atoms with Crippen molar-refractivity contribution in [2.24, 2.45) is 5.92 Å². The van der Waals surface area contributed by atoms with Crippen molar-refractivity contribution in [3.8, 4) is 5.75 Å². The molecular formula is C17H25N3O4S. The van der Waals surface area contributed by atoms with Gasteiger partial charge in [-0.3, -0.25) is 4.79 Å². The third kappa shape index (κ3) is 3.80. The van der Waals surface area contributed by atoms with E-state index < -0.39 is 10.2 Å². The number of hydrogen-bond acceptors (Lipinski definition) is 4. The van der Waals surface area contributed by atoms with Gasteiger partial charge >= 0.3 is 0 Å². The molecule has 3 saturated heterocycles. The molecule has 3 aliphatic heterocycles. The molecule has 25 heavy (non-hydrogen) atoms. The van der Waals surface area contributed by atoms with Crippen LogP contribution in [0, 0.1) is 5.92 Å². The molecule has 0 radical (unpaired) electrons. The Morgan fingerprint density at radius 2 is 2.00 bits per heavy atom. The van der Waals surface area contributed by atoms with Crippen LogP contribution in [0.15, 0.2) is 24.3 Å². The summed E-state index contributed by atoms with van der Waals surface area (Å²) in [6.07, 6.45) is 1.99. The van der Waals surface area contributed by atoms with Crippen molar-refractivity contribution in [1.82, 2.24) is 13.5 Å². The predicted molar refractivity (Wildman–Crippen MR) is 94.2 cm³/mol. The molecule has 1 aromatic rings. The van der Waals surface area contributed by atoms with Gasteiger partial charge in [-0.25, -0.2) is 0 Å². The van der Waals surface area contributed by atoms with Crippen LogP contribution in [0.1, 0.15) is 18.4 Å². The third-order valence-electron chi connectivity index (χ3n) is 5.05. The summed E-state index contributed by atoms with van der Waals surface area (Å²) in [6, 6.07) is 6.62. The van der Waals surface area contributed by atoms with E-state index in [0.29, 0.717) is 19.6 Å². The van der Waals surface area contributed by atoms with Crippen LogP contribution < -0.4 is 0 Å². The molecule has 1 N–H and O–H groups in total. The number of fused-ring (bicyclic) bond motifs is 4. The molecule has 3 fully saturated rings. The zero-order valence-corrected chi connectivity index (χ0v) is 15.4. The van der Waals surface area contributed by atoms with Crippen LogP contribution in [0.3, 0.4) is 0 Å². The van der Waals surface area contributed by atoms with Crippen molar-refractivity contribution in [3.05, 3.63) is 29.8 Å². The van der Waals surface area contributed by atoms with E-state index >= 15 is 0 Å². The van der Waals surface area contributed by atoms with Crippen molar-refractivity contribution in [3.63, 3.8) is 0 Å². The van der Waals surface area contributed by atoms with Crippen molar-refractivity contribution >= 4 is 16.1 Å². The van der Waals surface area contributed by atoms with Gasteiger partial charge in [-0.2, -0.15) is 17.0 Å².